The number of likely N-dealkylation sites (N-methyl/N-ethyl adjacent to an activating group) is 1. The number of benzene rings is 3. The number of carbonyl (C=O) groups is 3. The first-order valence-corrected chi connectivity index (χ1v) is 11.4. The molecule has 3 aromatic carbocycles. The third-order valence-corrected chi connectivity index (χ3v) is 7.14. The van der Waals surface area contributed by atoms with Gasteiger partial charge in [0.05, 0.1) is 15.4 Å². The average molecular weight is 467 g/mol. The highest BCUT2D eigenvalue weighted by molar-refractivity contribution is 7.91. The molecule has 7 nitrogen and oxygen atoms in total. The van der Waals surface area contributed by atoms with E-state index in [1.807, 2.05) is 0 Å². The number of rotatable bonds is 5. The second-order valence-corrected chi connectivity index (χ2v) is 9.34. The van der Waals surface area contributed by atoms with Crippen LogP contribution in [0.2, 0.25) is 0 Å². The summed E-state index contributed by atoms with van der Waals surface area (Å²) >= 11 is 0. The van der Waals surface area contributed by atoms with E-state index in [1.54, 1.807) is 12.1 Å². The third kappa shape index (κ3) is 4.14. The first kappa shape index (κ1) is 22.3. The van der Waals surface area contributed by atoms with Gasteiger partial charge in [-0.1, -0.05) is 30.3 Å². The molecule has 0 aromatic heterocycles. The Bertz CT molecular complexity index is 1400. The molecule has 0 N–H and O–H groups in total. The second-order valence-electron chi connectivity index (χ2n) is 7.46. The van der Waals surface area contributed by atoms with E-state index in [-0.39, 0.29) is 33.0 Å². The van der Waals surface area contributed by atoms with E-state index in [2.05, 4.69) is 0 Å². The lowest BCUT2D eigenvalue weighted by atomic mass is 10.0. The van der Waals surface area contributed by atoms with Gasteiger partial charge in [-0.15, -0.1) is 0 Å². The van der Waals surface area contributed by atoms with Crippen LogP contribution < -0.4 is 0 Å². The van der Waals surface area contributed by atoms with Crippen molar-refractivity contribution < 1.29 is 31.9 Å². The van der Waals surface area contributed by atoms with Crippen molar-refractivity contribution in [3.8, 4) is 0 Å². The number of sulfone groups is 1. The van der Waals surface area contributed by atoms with Crippen molar-refractivity contribution in [2.75, 3.05) is 13.7 Å². The Balaban J connectivity index is 1.49. The number of halogens is 1. The first-order valence-electron chi connectivity index (χ1n) is 9.87. The molecule has 0 aliphatic carbocycles. The second kappa shape index (κ2) is 8.59. The van der Waals surface area contributed by atoms with Crippen LogP contribution in [0.15, 0.2) is 76.5 Å². The molecule has 3 aromatic rings. The number of ether oxygens (including phenoxy) is 1. The monoisotopic (exact) mass is 467 g/mol. The summed E-state index contributed by atoms with van der Waals surface area (Å²) in [5.41, 5.74) is 0.230. The van der Waals surface area contributed by atoms with E-state index in [1.165, 1.54) is 60.5 Å². The molecule has 168 valence electrons. The Morgan fingerprint density at radius 1 is 0.939 bits per heavy atom. The smallest absolute Gasteiger partial charge is 0.338 e. The Kier molecular flexibility index (Phi) is 5.82. The molecule has 9 heteroatoms. The molecule has 1 heterocycles. The molecule has 0 bridgehead atoms. The summed E-state index contributed by atoms with van der Waals surface area (Å²) in [7, 11) is -2.57. The number of hydrogen-bond donors (Lipinski definition) is 0. The van der Waals surface area contributed by atoms with Gasteiger partial charge in [-0.25, -0.2) is 17.6 Å². The van der Waals surface area contributed by atoms with Crippen LogP contribution in [-0.4, -0.2) is 44.6 Å². The van der Waals surface area contributed by atoms with Gasteiger partial charge in [-0.3, -0.25) is 9.59 Å². The van der Waals surface area contributed by atoms with Gasteiger partial charge >= 0.3 is 5.97 Å². The largest absolute Gasteiger partial charge is 0.452 e. The van der Waals surface area contributed by atoms with Gasteiger partial charge < -0.3 is 9.64 Å². The summed E-state index contributed by atoms with van der Waals surface area (Å²) < 4.78 is 44.8. The lowest BCUT2D eigenvalue weighted by molar-refractivity contribution is -0.133. The van der Waals surface area contributed by atoms with Crippen LogP contribution in [0.25, 0.3) is 0 Å². The van der Waals surface area contributed by atoms with E-state index in [0.717, 1.165) is 6.07 Å². The van der Waals surface area contributed by atoms with E-state index >= 15 is 0 Å². The fourth-order valence-electron chi connectivity index (χ4n) is 3.50. The van der Waals surface area contributed by atoms with Crippen molar-refractivity contribution in [2.45, 2.75) is 16.3 Å². The minimum atomic E-state index is -4.01. The molecule has 33 heavy (non-hydrogen) atoms. The molecule has 4 rings (SSSR count). The molecular weight excluding hydrogens is 449 g/mol. The van der Waals surface area contributed by atoms with Crippen LogP contribution in [0.1, 0.15) is 31.8 Å². The van der Waals surface area contributed by atoms with Gasteiger partial charge in [0.2, 0.25) is 9.84 Å². The highest BCUT2D eigenvalue weighted by atomic mass is 32.2. The van der Waals surface area contributed by atoms with Gasteiger partial charge in [0.25, 0.3) is 5.91 Å². The molecule has 1 amide bonds. The Morgan fingerprint density at radius 2 is 1.61 bits per heavy atom. The molecule has 0 saturated heterocycles. The molecule has 0 atom stereocenters. The summed E-state index contributed by atoms with van der Waals surface area (Å²) in [6.45, 7) is -0.628. The number of amides is 1. The van der Waals surface area contributed by atoms with Crippen LogP contribution in [0.4, 0.5) is 4.39 Å². The Morgan fingerprint density at radius 3 is 2.36 bits per heavy atom. The van der Waals surface area contributed by atoms with Gasteiger partial charge in [-0.05, 0) is 36.4 Å². The maximum atomic E-state index is 13.8. The summed E-state index contributed by atoms with van der Waals surface area (Å²) in [6.07, 6.45) is 0. The van der Waals surface area contributed by atoms with Crippen LogP contribution in [0, 0.1) is 5.82 Å². The number of carbonyl (C=O) groups excluding carboxylic acids is 3. The molecule has 0 fully saturated rings. The van der Waals surface area contributed by atoms with E-state index in [0.29, 0.717) is 5.56 Å². The van der Waals surface area contributed by atoms with Crippen molar-refractivity contribution in [3.63, 3.8) is 0 Å². The van der Waals surface area contributed by atoms with Crippen molar-refractivity contribution in [1.82, 2.24) is 4.90 Å². The quantitative estimate of drug-likeness (QED) is 0.419. The number of fused-ring (bicyclic) bond motifs is 2. The van der Waals surface area contributed by atoms with Crippen LogP contribution in [0.5, 0.6) is 0 Å². The third-order valence-electron chi connectivity index (χ3n) is 5.29. The van der Waals surface area contributed by atoms with Crippen molar-refractivity contribution in [2.24, 2.45) is 0 Å². The molecule has 0 spiro atoms. The first-order chi connectivity index (χ1) is 15.7. The SMILES string of the molecule is CN(Cc1ccccc1F)C(=O)COC(=O)c1ccc2c(c1)S(=O)(=O)c1ccccc1C2=O. The Labute approximate surface area is 189 Å². The van der Waals surface area contributed by atoms with Crippen LogP contribution in [0.3, 0.4) is 0 Å². The van der Waals surface area contributed by atoms with Crippen molar-refractivity contribution in [3.05, 3.63) is 94.8 Å². The highest BCUT2D eigenvalue weighted by Gasteiger charge is 2.35. The molecule has 1 aliphatic rings. The van der Waals surface area contributed by atoms with Crippen molar-refractivity contribution in [1.29, 1.82) is 0 Å². The van der Waals surface area contributed by atoms with E-state index < -0.39 is 39.9 Å². The molecule has 0 radical (unpaired) electrons. The van der Waals surface area contributed by atoms with Gasteiger partial charge in [0.15, 0.2) is 12.4 Å². The van der Waals surface area contributed by atoms with Crippen molar-refractivity contribution >= 4 is 27.5 Å². The fraction of sp³-hybridized carbons (Fsp3) is 0.125. The maximum Gasteiger partial charge on any atom is 0.338 e. The van der Waals surface area contributed by atoms with Crippen LogP contribution >= 0.6 is 0 Å². The molecular formula is C24H18FNO6S. The molecule has 1 aliphatic heterocycles. The standard InChI is InChI=1S/C24H18FNO6S/c1-26(13-16-6-2-4-8-19(16)25)22(27)14-32-24(29)15-10-11-18-21(12-15)33(30,31)20-9-5-3-7-17(20)23(18)28/h2-12H,13-14H2,1H3. The maximum absolute atomic E-state index is 13.8. The normalized spacial score (nSPS) is 13.6. The molecule has 0 unspecified atom stereocenters. The fourth-order valence-corrected chi connectivity index (χ4v) is 5.18. The Hall–Kier alpha value is -3.85. The van der Waals surface area contributed by atoms with Gasteiger partial charge in [0, 0.05) is 30.3 Å². The summed E-state index contributed by atoms with van der Waals surface area (Å²) in [5, 5.41) is 0. The minimum absolute atomic E-state index is 0.0122. The number of nitrogens with zero attached hydrogens (tertiary/aromatic N) is 1. The minimum Gasteiger partial charge on any atom is -0.452 e. The number of ketones is 1. The van der Waals surface area contributed by atoms with Gasteiger partial charge in [-0.2, -0.15) is 0 Å². The highest BCUT2D eigenvalue weighted by Crippen LogP contribution is 2.34. The zero-order valence-electron chi connectivity index (χ0n) is 17.4. The summed E-state index contributed by atoms with van der Waals surface area (Å²) in [6, 6.07) is 15.5. The van der Waals surface area contributed by atoms with E-state index in [9.17, 15) is 27.2 Å². The zero-order valence-corrected chi connectivity index (χ0v) is 18.3. The summed E-state index contributed by atoms with van der Waals surface area (Å²) in [4.78, 5) is 38.2. The zero-order chi connectivity index (χ0) is 23.8. The predicted molar refractivity (Wildman–Crippen MR) is 115 cm³/mol. The topological polar surface area (TPSA) is 97.8 Å². The summed E-state index contributed by atoms with van der Waals surface area (Å²) in [5.74, 6) is -2.41. The van der Waals surface area contributed by atoms with E-state index in [4.69, 9.17) is 4.74 Å². The van der Waals surface area contributed by atoms with Crippen LogP contribution in [-0.2, 0) is 25.9 Å². The lowest BCUT2D eigenvalue weighted by Gasteiger charge is -2.19. The average Bonchev–Trinajstić information content (AvgIpc) is 2.82. The van der Waals surface area contributed by atoms with Gasteiger partial charge in [0.1, 0.15) is 5.82 Å². The number of hydrogen-bond acceptors (Lipinski definition) is 6. The molecule has 0 saturated carbocycles. The predicted octanol–water partition coefficient (Wildman–Crippen LogP) is 3.02. The number of esters is 1. The lowest BCUT2D eigenvalue weighted by Crippen LogP contribution is -2.31.